The molecule has 0 atom stereocenters. The van der Waals surface area contributed by atoms with Gasteiger partial charge in [0, 0.05) is 0 Å². The van der Waals surface area contributed by atoms with Crippen LogP contribution >= 0.6 is 11.6 Å². The highest BCUT2D eigenvalue weighted by atomic mass is 35.5. The highest BCUT2D eigenvalue weighted by Crippen LogP contribution is 2.38. The average Bonchev–Trinajstić information content (AvgIpc) is 1.55. The van der Waals surface area contributed by atoms with Gasteiger partial charge in [0.1, 0.15) is 0 Å². The summed E-state index contributed by atoms with van der Waals surface area (Å²) in [4.78, 5) is 0. The molecule has 0 aromatic carbocycles. The molecule has 0 amide bonds. The van der Waals surface area contributed by atoms with E-state index in [0.29, 0.717) is 0 Å². The number of hydrogen-bond acceptors (Lipinski definition) is 0. The van der Waals surface area contributed by atoms with Crippen LogP contribution in [0.25, 0.3) is 0 Å². The summed E-state index contributed by atoms with van der Waals surface area (Å²) in [5.41, 5.74) is 0. The van der Waals surface area contributed by atoms with E-state index in [1.165, 1.54) is 0 Å². The van der Waals surface area contributed by atoms with Crippen molar-refractivity contribution >= 4 is 11.6 Å². The zero-order valence-corrected chi connectivity index (χ0v) is 5.73. The molecule has 0 heterocycles. The van der Waals surface area contributed by atoms with Crippen molar-refractivity contribution in [1.82, 2.24) is 0 Å². The third kappa shape index (κ3) is 9.73. The topological polar surface area (TPSA) is 0 Å². The number of rotatable bonds is 0. The van der Waals surface area contributed by atoms with Crippen LogP contribution in [-0.2, 0) is 0 Å². The minimum Gasteiger partial charge on any atom is -0.177 e. The van der Waals surface area contributed by atoms with E-state index in [-0.39, 0.29) is 0 Å². The van der Waals surface area contributed by atoms with E-state index in [2.05, 4.69) is 11.6 Å². The minimum absolute atomic E-state index is 3.55. The highest BCUT2D eigenvalue weighted by molar-refractivity contribution is 6.22. The van der Waals surface area contributed by atoms with Crippen LogP contribution in [0, 0.1) is 0 Å². The van der Waals surface area contributed by atoms with Crippen molar-refractivity contribution in [2.45, 2.75) is 18.2 Å². The predicted octanol–water partition coefficient (Wildman–Crippen LogP) is 3.56. The van der Waals surface area contributed by atoms with Gasteiger partial charge in [0.05, 0.1) is 0 Å². The van der Waals surface area contributed by atoms with Gasteiger partial charge >= 0.3 is 18.2 Å². The Labute approximate surface area is 66.1 Å². The standard InChI is InChI=1S/C2ClF5.CHF3/c3-1(4,5)2(6,7)8;2-1(3)4/h;1H. The first kappa shape index (κ1) is 14.3. The lowest BCUT2D eigenvalue weighted by atomic mass is 10.7. The molecular formula is C3HClF8. The van der Waals surface area contributed by atoms with Crippen molar-refractivity contribution in [1.29, 1.82) is 0 Å². The SMILES string of the molecule is FC(F)(F)C(F)(F)Cl.FC(F)F. The quantitative estimate of drug-likeness (QED) is 0.436. The molecule has 76 valence electrons. The van der Waals surface area contributed by atoms with Crippen LogP contribution in [0.15, 0.2) is 0 Å². The molecule has 0 bridgehead atoms. The Morgan fingerprint density at radius 2 is 0.917 bits per heavy atom. The first-order valence-corrected chi connectivity index (χ1v) is 2.42. The predicted molar refractivity (Wildman–Crippen MR) is 24.0 cm³/mol. The smallest absolute Gasteiger partial charge is 0.177 e. The molecule has 0 aromatic heterocycles. The highest BCUT2D eigenvalue weighted by Gasteiger charge is 2.56. The fraction of sp³-hybridized carbons (Fsp3) is 1.00. The molecule has 0 radical (unpaired) electrons. The van der Waals surface area contributed by atoms with Crippen molar-refractivity contribution < 1.29 is 35.1 Å². The number of hydrogen-bond donors (Lipinski definition) is 0. The lowest BCUT2D eigenvalue weighted by Gasteiger charge is -2.10. The summed E-state index contributed by atoms with van der Waals surface area (Å²) in [6.45, 7) is -3.67. The Morgan fingerprint density at radius 3 is 0.917 bits per heavy atom. The van der Waals surface area contributed by atoms with Gasteiger partial charge in [-0.05, 0) is 11.6 Å². The van der Waals surface area contributed by atoms with E-state index >= 15 is 0 Å². The summed E-state index contributed by atoms with van der Waals surface area (Å²) in [7, 11) is 0. The van der Waals surface area contributed by atoms with Crippen molar-refractivity contribution in [3.63, 3.8) is 0 Å². The molecule has 9 heteroatoms. The molecule has 0 fully saturated rings. The van der Waals surface area contributed by atoms with Crippen molar-refractivity contribution in [2.75, 3.05) is 0 Å². The van der Waals surface area contributed by atoms with Crippen LogP contribution in [0.4, 0.5) is 35.1 Å². The van der Waals surface area contributed by atoms with E-state index in [1.54, 1.807) is 0 Å². The molecule has 0 aliphatic heterocycles. The van der Waals surface area contributed by atoms with Crippen LogP contribution in [0.5, 0.6) is 0 Å². The van der Waals surface area contributed by atoms with Crippen LogP contribution in [-0.4, -0.2) is 18.2 Å². The van der Waals surface area contributed by atoms with Crippen LogP contribution in [0.2, 0.25) is 0 Å². The molecular weight excluding hydrogens is 223 g/mol. The third-order valence-corrected chi connectivity index (χ3v) is 0.536. The average molecular weight is 224 g/mol. The third-order valence-electron chi connectivity index (χ3n) is 0.321. The largest absolute Gasteiger partial charge is 0.469 e. The van der Waals surface area contributed by atoms with Crippen LogP contribution < -0.4 is 0 Å². The summed E-state index contributed by atoms with van der Waals surface area (Å²) >= 11 is 3.55. The van der Waals surface area contributed by atoms with Crippen LogP contribution in [0.1, 0.15) is 0 Å². The van der Waals surface area contributed by atoms with Gasteiger partial charge in [0.2, 0.25) is 0 Å². The number of halogens is 9. The number of alkyl halides is 9. The first-order valence-electron chi connectivity index (χ1n) is 2.04. The molecule has 0 aliphatic rings. The maximum atomic E-state index is 10.9. The molecule has 0 saturated heterocycles. The monoisotopic (exact) mass is 224 g/mol. The fourth-order valence-electron chi connectivity index (χ4n) is 0. The Kier molecular flexibility index (Phi) is 5.57. The molecule has 0 saturated carbocycles. The molecule has 0 aliphatic carbocycles. The lowest BCUT2D eigenvalue weighted by molar-refractivity contribution is -0.241. The zero-order valence-electron chi connectivity index (χ0n) is 4.98. The van der Waals surface area contributed by atoms with Crippen molar-refractivity contribution in [3.8, 4) is 0 Å². The summed E-state index contributed by atoms with van der Waals surface area (Å²) in [5.74, 6) is 0. The fourth-order valence-corrected chi connectivity index (χ4v) is 0. The van der Waals surface area contributed by atoms with Gasteiger partial charge in [0.25, 0.3) is 0 Å². The summed E-state index contributed by atoms with van der Waals surface area (Å²) in [6, 6.07) is 0. The van der Waals surface area contributed by atoms with E-state index in [9.17, 15) is 35.1 Å². The van der Waals surface area contributed by atoms with Crippen molar-refractivity contribution in [2.24, 2.45) is 0 Å². The second-order valence-electron chi connectivity index (χ2n) is 1.24. The minimum atomic E-state index is -5.63. The van der Waals surface area contributed by atoms with E-state index in [0.717, 1.165) is 0 Å². The van der Waals surface area contributed by atoms with Gasteiger partial charge in [-0.2, -0.15) is 35.1 Å². The van der Waals surface area contributed by atoms with E-state index in [4.69, 9.17) is 0 Å². The molecule has 0 nitrogen and oxygen atoms in total. The molecule has 0 N–H and O–H groups in total. The Morgan fingerprint density at radius 1 is 0.833 bits per heavy atom. The molecule has 0 rings (SSSR count). The van der Waals surface area contributed by atoms with Gasteiger partial charge in [-0.3, -0.25) is 0 Å². The summed E-state index contributed by atoms with van der Waals surface area (Å²) in [6.07, 6.45) is -5.63. The molecule has 0 aromatic rings. The second kappa shape index (κ2) is 4.68. The Hall–Kier alpha value is -0.270. The Bertz CT molecular complexity index is 95.7. The zero-order chi connectivity index (χ0) is 10.6. The molecule has 0 spiro atoms. The summed E-state index contributed by atoms with van der Waals surface area (Å²) in [5, 5.41) is -5.09. The Balaban J connectivity index is 0. The second-order valence-corrected chi connectivity index (χ2v) is 1.72. The maximum Gasteiger partial charge on any atom is 0.469 e. The first-order chi connectivity index (χ1) is 4.98. The van der Waals surface area contributed by atoms with E-state index in [1.807, 2.05) is 0 Å². The molecule has 12 heavy (non-hydrogen) atoms. The summed E-state index contributed by atoms with van der Waals surface area (Å²) < 4.78 is 82.8. The van der Waals surface area contributed by atoms with Crippen LogP contribution in [0.3, 0.4) is 0 Å². The van der Waals surface area contributed by atoms with Gasteiger partial charge in [0.15, 0.2) is 0 Å². The van der Waals surface area contributed by atoms with Gasteiger partial charge in [-0.15, -0.1) is 0 Å². The maximum absolute atomic E-state index is 10.9. The molecule has 0 unspecified atom stereocenters. The van der Waals surface area contributed by atoms with Gasteiger partial charge < -0.3 is 0 Å². The van der Waals surface area contributed by atoms with Gasteiger partial charge in [-0.1, -0.05) is 0 Å². The normalized spacial score (nSPS) is 12.5. The lowest BCUT2D eigenvalue weighted by Crippen LogP contribution is -2.29. The van der Waals surface area contributed by atoms with Crippen molar-refractivity contribution in [3.05, 3.63) is 0 Å². The van der Waals surface area contributed by atoms with Gasteiger partial charge in [-0.25, -0.2) is 0 Å². The van der Waals surface area contributed by atoms with E-state index < -0.39 is 18.2 Å².